The summed E-state index contributed by atoms with van der Waals surface area (Å²) in [4.78, 5) is 18.6. The second-order valence-corrected chi connectivity index (χ2v) is 5.13. The number of amidine groups is 1. The van der Waals surface area contributed by atoms with Gasteiger partial charge in [0.05, 0.1) is 0 Å². The normalized spacial score (nSPS) is 11.1. The lowest BCUT2D eigenvalue weighted by Crippen LogP contribution is -2.29. The number of hydrogen-bond donors (Lipinski definition) is 1. The Balaban J connectivity index is 1.75. The largest absolute Gasteiger partial charge is 0.384 e. The standard InChI is InChI=1S/C18H21N3O2/c1-21(16-10-6-3-7-11-16)18(22)14-23-20-17(19)13-12-15-8-4-2-5-9-15/h2-11H,12-14H2,1H3,(H2,19,20). The molecule has 0 atom stereocenters. The van der Waals surface area contributed by atoms with Gasteiger partial charge in [0, 0.05) is 19.2 Å². The molecular weight excluding hydrogens is 290 g/mol. The number of rotatable bonds is 7. The highest BCUT2D eigenvalue weighted by Gasteiger charge is 2.10. The average molecular weight is 311 g/mol. The maximum Gasteiger partial charge on any atom is 0.267 e. The molecule has 0 aliphatic rings. The van der Waals surface area contributed by atoms with Crippen LogP contribution in [0.25, 0.3) is 0 Å². The summed E-state index contributed by atoms with van der Waals surface area (Å²) in [7, 11) is 1.70. The zero-order chi connectivity index (χ0) is 16.5. The Bertz CT molecular complexity index is 642. The quantitative estimate of drug-likeness (QED) is 0.485. The molecule has 120 valence electrons. The lowest BCUT2D eigenvalue weighted by atomic mass is 10.1. The topological polar surface area (TPSA) is 67.9 Å². The lowest BCUT2D eigenvalue weighted by molar-refractivity contribution is -0.122. The lowest BCUT2D eigenvalue weighted by Gasteiger charge is -2.16. The molecule has 23 heavy (non-hydrogen) atoms. The fourth-order valence-electron chi connectivity index (χ4n) is 2.03. The molecule has 0 heterocycles. The summed E-state index contributed by atoms with van der Waals surface area (Å²) in [5, 5.41) is 3.80. The second kappa shape index (κ2) is 8.58. The van der Waals surface area contributed by atoms with Gasteiger partial charge in [-0.1, -0.05) is 53.7 Å². The van der Waals surface area contributed by atoms with Crippen molar-refractivity contribution >= 4 is 17.4 Å². The van der Waals surface area contributed by atoms with Gasteiger partial charge >= 0.3 is 0 Å². The first-order valence-corrected chi connectivity index (χ1v) is 7.46. The number of benzene rings is 2. The van der Waals surface area contributed by atoms with Gasteiger partial charge in [0.2, 0.25) is 0 Å². The van der Waals surface area contributed by atoms with Crippen molar-refractivity contribution < 1.29 is 9.63 Å². The van der Waals surface area contributed by atoms with Crippen LogP contribution in [0, 0.1) is 0 Å². The SMILES string of the molecule is CN(C(=O)CO/N=C(\N)CCc1ccccc1)c1ccccc1. The summed E-state index contributed by atoms with van der Waals surface area (Å²) in [6.07, 6.45) is 1.38. The van der Waals surface area contributed by atoms with E-state index in [1.54, 1.807) is 7.05 Å². The minimum atomic E-state index is -0.184. The van der Waals surface area contributed by atoms with Gasteiger partial charge in [-0.3, -0.25) is 4.79 Å². The summed E-state index contributed by atoms with van der Waals surface area (Å²) < 4.78 is 0. The average Bonchev–Trinajstić information content (AvgIpc) is 2.61. The van der Waals surface area contributed by atoms with Gasteiger partial charge in [0.1, 0.15) is 5.84 Å². The minimum Gasteiger partial charge on any atom is -0.384 e. The third-order valence-electron chi connectivity index (χ3n) is 3.40. The fraction of sp³-hybridized carbons (Fsp3) is 0.222. The van der Waals surface area contributed by atoms with E-state index in [9.17, 15) is 4.79 Å². The maximum absolute atomic E-state index is 12.0. The van der Waals surface area contributed by atoms with Crippen LogP contribution in [-0.2, 0) is 16.1 Å². The van der Waals surface area contributed by atoms with Crippen molar-refractivity contribution in [2.24, 2.45) is 10.9 Å². The Labute approximate surface area is 136 Å². The number of carbonyl (C=O) groups is 1. The van der Waals surface area contributed by atoms with Gasteiger partial charge in [-0.15, -0.1) is 0 Å². The molecule has 0 fully saturated rings. The molecule has 5 nitrogen and oxygen atoms in total. The van der Waals surface area contributed by atoms with Crippen molar-refractivity contribution in [1.29, 1.82) is 0 Å². The summed E-state index contributed by atoms with van der Waals surface area (Å²) in [6.45, 7) is -0.141. The zero-order valence-electron chi connectivity index (χ0n) is 13.2. The number of amides is 1. The highest BCUT2D eigenvalue weighted by atomic mass is 16.6. The first kappa shape index (κ1) is 16.5. The first-order chi connectivity index (χ1) is 11.2. The number of oxime groups is 1. The summed E-state index contributed by atoms with van der Waals surface area (Å²) in [5.41, 5.74) is 7.79. The van der Waals surface area contributed by atoms with Gasteiger partial charge in [-0.25, -0.2) is 0 Å². The van der Waals surface area contributed by atoms with Crippen molar-refractivity contribution in [3.8, 4) is 0 Å². The van der Waals surface area contributed by atoms with E-state index >= 15 is 0 Å². The maximum atomic E-state index is 12.0. The number of anilines is 1. The third-order valence-corrected chi connectivity index (χ3v) is 3.40. The van der Waals surface area contributed by atoms with Crippen molar-refractivity contribution in [2.75, 3.05) is 18.6 Å². The molecule has 2 aromatic rings. The molecule has 0 aliphatic heterocycles. The van der Waals surface area contributed by atoms with Crippen molar-refractivity contribution in [3.63, 3.8) is 0 Å². The van der Waals surface area contributed by atoms with Crippen LogP contribution in [0.2, 0.25) is 0 Å². The van der Waals surface area contributed by atoms with Crippen LogP contribution in [-0.4, -0.2) is 25.4 Å². The number of para-hydroxylation sites is 1. The molecule has 2 rings (SSSR count). The smallest absolute Gasteiger partial charge is 0.267 e. The molecular formula is C18H21N3O2. The van der Waals surface area contributed by atoms with Crippen LogP contribution >= 0.6 is 0 Å². The number of nitrogens with zero attached hydrogens (tertiary/aromatic N) is 2. The van der Waals surface area contributed by atoms with Gasteiger partial charge < -0.3 is 15.5 Å². The Morgan fingerprint density at radius 2 is 1.70 bits per heavy atom. The molecule has 0 unspecified atom stereocenters. The molecule has 0 aliphatic carbocycles. The van der Waals surface area contributed by atoms with Crippen LogP contribution < -0.4 is 10.6 Å². The van der Waals surface area contributed by atoms with Gasteiger partial charge in [-0.05, 0) is 24.1 Å². The van der Waals surface area contributed by atoms with Crippen LogP contribution in [0.4, 0.5) is 5.69 Å². The Kier molecular flexibility index (Phi) is 6.17. The van der Waals surface area contributed by atoms with E-state index in [1.165, 1.54) is 10.5 Å². The van der Waals surface area contributed by atoms with E-state index in [2.05, 4.69) is 5.16 Å². The fourth-order valence-corrected chi connectivity index (χ4v) is 2.03. The molecule has 0 saturated heterocycles. The van der Waals surface area contributed by atoms with Crippen LogP contribution in [0.1, 0.15) is 12.0 Å². The molecule has 2 aromatic carbocycles. The predicted molar refractivity (Wildman–Crippen MR) is 92.2 cm³/mol. The van der Waals surface area contributed by atoms with Gasteiger partial charge in [0.25, 0.3) is 5.91 Å². The second-order valence-electron chi connectivity index (χ2n) is 5.13. The Hall–Kier alpha value is -2.82. The summed E-state index contributed by atoms with van der Waals surface area (Å²) >= 11 is 0. The third kappa shape index (κ3) is 5.47. The Morgan fingerprint density at radius 1 is 1.09 bits per heavy atom. The minimum absolute atomic E-state index is 0.141. The molecule has 2 N–H and O–H groups in total. The van der Waals surface area contributed by atoms with Crippen LogP contribution in [0.5, 0.6) is 0 Å². The van der Waals surface area contributed by atoms with E-state index in [1.807, 2.05) is 60.7 Å². The van der Waals surface area contributed by atoms with Crippen molar-refractivity contribution in [3.05, 3.63) is 66.2 Å². The Morgan fingerprint density at radius 3 is 2.35 bits per heavy atom. The number of carbonyl (C=O) groups excluding carboxylic acids is 1. The monoisotopic (exact) mass is 311 g/mol. The molecule has 0 spiro atoms. The summed E-state index contributed by atoms with van der Waals surface area (Å²) in [5.74, 6) is 0.194. The van der Waals surface area contributed by atoms with Crippen molar-refractivity contribution in [1.82, 2.24) is 0 Å². The zero-order valence-corrected chi connectivity index (χ0v) is 13.2. The molecule has 0 radical (unpaired) electrons. The number of hydrogen-bond acceptors (Lipinski definition) is 3. The van der Waals surface area contributed by atoms with E-state index in [0.717, 1.165) is 12.1 Å². The van der Waals surface area contributed by atoms with E-state index in [-0.39, 0.29) is 12.5 Å². The van der Waals surface area contributed by atoms with Crippen molar-refractivity contribution in [2.45, 2.75) is 12.8 Å². The van der Waals surface area contributed by atoms with Gasteiger partial charge in [0.15, 0.2) is 6.61 Å². The number of nitrogens with two attached hydrogens (primary N) is 1. The highest BCUT2D eigenvalue weighted by Crippen LogP contribution is 2.11. The first-order valence-electron chi connectivity index (χ1n) is 7.46. The predicted octanol–water partition coefficient (Wildman–Crippen LogP) is 2.57. The van der Waals surface area contributed by atoms with Gasteiger partial charge in [-0.2, -0.15) is 0 Å². The van der Waals surface area contributed by atoms with E-state index in [4.69, 9.17) is 10.6 Å². The molecule has 0 saturated carbocycles. The van der Waals surface area contributed by atoms with Crippen LogP contribution in [0.15, 0.2) is 65.8 Å². The van der Waals surface area contributed by atoms with E-state index in [0.29, 0.717) is 12.3 Å². The van der Waals surface area contributed by atoms with Crippen LogP contribution in [0.3, 0.4) is 0 Å². The molecule has 0 aromatic heterocycles. The highest BCUT2D eigenvalue weighted by molar-refractivity contribution is 5.93. The number of aryl methyl sites for hydroxylation is 1. The molecule has 5 heteroatoms. The molecule has 1 amide bonds. The summed E-state index contributed by atoms with van der Waals surface area (Å²) in [6, 6.07) is 19.4. The molecule has 0 bridgehead atoms. The number of likely N-dealkylation sites (N-methyl/N-ethyl adjacent to an activating group) is 1. The van der Waals surface area contributed by atoms with E-state index < -0.39 is 0 Å².